The van der Waals surface area contributed by atoms with Crippen molar-refractivity contribution in [3.63, 3.8) is 0 Å². The second-order valence-corrected chi connectivity index (χ2v) is 11.7. The summed E-state index contributed by atoms with van der Waals surface area (Å²) in [6, 6.07) is 14.7. The fraction of sp³-hybridized carbons (Fsp3) is 0.297. The van der Waals surface area contributed by atoms with E-state index in [9.17, 15) is 29.1 Å². The lowest BCUT2D eigenvalue weighted by Gasteiger charge is -2.18. The Kier molecular flexibility index (Phi) is 17.8. The number of carbonyl (C=O) groups is 4. The monoisotopic (exact) mass is 691 g/mol. The van der Waals surface area contributed by atoms with Crippen molar-refractivity contribution in [1.29, 1.82) is 0 Å². The van der Waals surface area contributed by atoms with Crippen molar-refractivity contribution in [2.75, 3.05) is 6.54 Å². The number of phenols is 1. The number of carboxylic acids is 1. The Morgan fingerprint density at radius 3 is 2.16 bits per heavy atom. The molecule has 3 aromatic rings. The molecule has 49 heavy (non-hydrogen) atoms. The number of aromatic hydroxyl groups is 1. The number of benzene rings is 2. The summed E-state index contributed by atoms with van der Waals surface area (Å²) >= 11 is 4.87. The van der Waals surface area contributed by atoms with E-state index in [-0.39, 0.29) is 30.6 Å². The van der Waals surface area contributed by atoms with Crippen LogP contribution in [0.5, 0.6) is 5.75 Å². The third kappa shape index (κ3) is 14.6. The number of aliphatic imine (C=N–C) groups is 1. The minimum atomic E-state index is -0.815. The largest absolute Gasteiger partial charge is 0.506 e. The molecule has 0 saturated carbocycles. The number of imide groups is 1. The number of pyridine rings is 1. The second-order valence-electron chi connectivity index (χ2n) is 11.3. The summed E-state index contributed by atoms with van der Waals surface area (Å²) < 4.78 is 0. The van der Waals surface area contributed by atoms with Gasteiger partial charge in [0.05, 0.1) is 12.1 Å². The first-order valence-electron chi connectivity index (χ1n) is 15.2. The molecule has 0 unspecified atom stereocenters. The summed E-state index contributed by atoms with van der Waals surface area (Å²) in [6.45, 7) is 14.8. The topological polar surface area (TPSA) is 175 Å². The Labute approximate surface area is 291 Å². The molecule has 2 amide bonds. The van der Waals surface area contributed by atoms with Gasteiger partial charge in [0.1, 0.15) is 11.3 Å². The van der Waals surface area contributed by atoms with Crippen molar-refractivity contribution in [2.45, 2.75) is 65.5 Å². The highest BCUT2D eigenvalue weighted by molar-refractivity contribution is 6.67. The van der Waals surface area contributed by atoms with Crippen LogP contribution >= 0.6 is 11.6 Å². The van der Waals surface area contributed by atoms with E-state index in [2.05, 4.69) is 23.1 Å². The predicted octanol–water partition coefficient (Wildman–Crippen LogP) is 6.61. The summed E-state index contributed by atoms with van der Waals surface area (Å²) in [7, 11) is 0. The Morgan fingerprint density at radius 1 is 1.00 bits per heavy atom. The lowest BCUT2D eigenvalue weighted by atomic mass is 9.92. The number of rotatable bonds is 11. The molecule has 11 nitrogen and oxygen atoms in total. The fourth-order valence-corrected chi connectivity index (χ4v) is 4.07. The first-order chi connectivity index (χ1) is 23.0. The van der Waals surface area contributed by atoms with Gasteiger partial charge in [-0.15, -0.1) is 0 Å². The molecule has 0 aliphatic carbocycles. The zero-order valence-corrected chi connectivity index (χ0v) is 28.9. The minimum Gasteiger partial charge on any atom is -0.506 e. The van der Waals surface area contributed by atoms with Gasteiger partial charge >= 0.3 is 5.97 Å². The maximum atomic E-state index is 11.1. The standard InChI is InChI=1S/C13H15NO.C10H13NO4.C10H9NO2.C4H5ClO/c1-10(2)11-6-5-7-12(8-11)13(3,4)14-9-15;12-8-5-6-9(13)11(8)7-3-1-2-4-10(14)15;12-6-7-3-4-9(13)10-8(7)2-1-5-11-10;1-3(2)4(5)6/h5-8H,1H2,2-4H3;5-6H,1-4,7H2,(H,14,15);1-5,12-13H,6H2;1H2,2H3. The number of phenolic OH excluding ortho intramolecular Hbond substituents is 1. The molecule has 0 atom stereocenters. The van der Waals surface area contributed by atoms with Gasteiger partial charge in [-0.25, -0.2) is 4.79 Å². The molecule has 2 aromatic carbocycles. The Morgan fingerprint density at radius 2 is 1.63 bits per heavy atom. The van der Waals surface area contributed by atoms with E-state index in [4.69, 9.17) is 21.8 Å². The minimum absolute atomic E-state index is 0.0392. The Balaban J connectivity index is 0.000000340. The maximum absolute atomic E-state index is 11.1. The van der Waals surface area contributed by atoms with E-state index in [1.54, 1.807) is 37.4 Å². The number of carboxylic acid groups (broad SMARTS) is 1. The number of aliphatic hydroxyl groups is 1. The van der Waals surface area contributed by atoms with Gasteiger partial charge in [-0.3, -0.25) is 29.1 Å². The zero-order chi connectivity index (χ0) is 37.1. The number of amides is 2. The van der Waals surface area contributed by atoms with Gasteiger partial charge in [-0.2, -0.15) is 4.99 Å². The second kappa shape index (κ2) is 20.9. The van der Waals surface area contributed by atoms with Crippen LogP contribution in [0.25, 0.3) is 16.5 Å². The lowest BCUT2D eigenvalue weighted by molar-refractivity contribution is -0.138. The van der Waals surface area contributed by atoms with E-state index in [1.807, 2.05) is 51.1 Å². The average Bonchev–Trinajstić information content (AvgIpc) is 3.38. The molecule has 0 bridgehead atoms. The van der Waals surface area contributed by atoms with Gasteiger partial charge in [0.25, 0.3) is 11.8 Å². The van der Waals surface area contributed by atoms with Gasteiger partial charge < -0.3 is 15.3 Å². The lowest BCUT2D eigenvalue weighted by Crippen LogP contribution is -2.30. The molecule has 0 saturated heterocycles. The molecular formula is C37H42ClN3O8. The van der Waals surface area contributed by atoms with Crippen molar-refractivity contribution < 1.29 is 39.3 Å². The number of aliphatic hydroxyl groups excluding tert-OH is 1. The van der Waals surface area contributed by atoms with Gasteiger partial charge in [0, 0.05) is 42.3 Å². The van der Waals surface area contributed by atoms with Crippen LogP contribution in [0.3, 0.4) is 0 Å². The van der Waals surface area contributed by atoms with Gasteiger partial charge in [0.2, 0.25) is 11.3 Å². The molecule has 0 spiro atoms. The average molecular weight is 692 g/mol. The van der Waals surface area contributed by atoms with Crippen LogP contribution in [0.4, 0.5) is 0 Å². The van der Waals surface area contributed by atoms with Crippen LogP contribution < -0.4 is 0 Å². The number of allylic oxidation sites excluding steroid dienone is 2. The van der Waals surface area contributed by atoms with Crippen LogP contribution in [0.15, 0.2) is 90.6 Å². The van der Waals surface area contributed by atoms with Gasteiger partial charge in [-0.05, 0) is 87.0 Å². The third-order valence-corrected chi connectivity index (χ3v) is 7.23. The van der Waals surface area contributed by atoms with Crippen LogP contribution in [-0.2, 0) is 36.1 Å². The highest BCUT2D eigenvalue weighted by Gasteiger charge is 2.22. The maximum Gasteiger partial charge on any atom is 0.303 e. The number of carbonyl (C=O) groups excluding carboxylic acids is 4. The molecule has 3 N–H and O–H groups in total. The number of fused-ring (bicyclic) bond motifs is 1. The van der Waals surface area contributed by atoms with Crippen molar-refractivity contribution >= 4 is 57.2 Å². The molecule has 1 aromatic heterocycles. The summed E-state index contributed by atoms with van der Waals surface area (Å²) in [6.07, 6.45) is 7.81. The highest BCUT2D eigenvalue weighted by atomic mass is 35.5. The number of hydrogen-bond donors (Lipinski definition) is 3. The van der Waals surface area contributed by atoms with Crippen LogP contribution in [0, 0.1) is 0 Å². The van der Waals surface area contributed by atoms with Crippen molar-refractivity contribution in [3.05, 3.63) is 102 Å². The van der Waals surface area contributed by atoms with E-state index >= 15 is 0 Å². The van der Waals surface area contributed by atoms with Crippen molar-refractivity contribution in [3.8, 4) is 5.75 Å². The molecule has 2 heterocycles. The van der Waals surface area contributed by atoms with Crippen molar-refractivity contribution in [1.82, 2.24) is 9.88 Å². The third-order valence-electron chi connectivity index (χ3n) is 6.90. The highest BCUT2D eigenvalue weighted by Crippen LogP contribution is 2.27. The van der Waals surface area contributed by atoms with E-state index < -0.39 is 16.8 Å². The number of aromatic nitrogens is 1. The molecule has 12 heteroatoms. The first-order valence-corrected chi connectivity index (χ1v) is 15.6. The number of halogens is 1. The predicted molar refractivity (Wildman–Crippen MR) is 189 cm³/mol. The SMILES string of the molecule is C=C(C)C(=O)Cl.C=C(C)c1cccc(C(C)(C)N=C=O)c1.O=C(O)CCCCCN1C(=O)C=CC1=O.OCc1ccc(O)c2ncccc12. The molecule has 1 aliphatic heterocycles. The van der Waals surface area contributed by atoms with Crippen LogP contribution in [0.2, 0.25) is 0 Å². The Hall–Kier alpha value is -5.22. The molecule has 0 fully saturated rings. The normalized spacial score (nSPS) is 11.6. The Bertz CT molecular complexity index is 1710. The van der Waals surface area contributed by atoms with Crippen LogP contribution in [0.1, 0.15) is 70.1 Å². The van der Waals surface area contributed by atoms with Gasteiger partial charge in [0.15, 0.2) is 0 Å². The summed E-state index contributed by atoms with van der Waals surface area (Å²) in [5.41, 5.74) is 4.25. The fourth-order valence-electron chi connectivity index (χ4n) is 4.07. The number of unbranched alkanes of at least 4 members (excludes halogenated alkanes) is 2. The molecule has 1 aliphatic rings. The smallest absolute Gasteiger partial charge is 0.303 e. The summed E-state index contributed by atoms with van der Waals surface area (Å²) in [5, 5.41) is 27.2. The number of isocyanates is 1. The molecule has 260 valence electrons. The number of hydrogen-bond acceptors (Lipinski definition) is 9. The van der Waals surface area contributed by atoms with Crippen LogP contribution in [-0.4, -0.2) is 60.9 Å². The van der Waals surface area contributed by atoms with E-state index in [0.717, 1.165) is 27.6 Å². The number of aliphatic carboxylic acids is 1. The molecule has 4 rings (SSSR count). The van der Waals surface area contributed by atoms with Crippen molar-refractivity contribution in [2.24, 2.45) is 4.99 Å². The first kappa shape index (κ1) is 41.8. The molecule has 0 radical (unpaired) electrons. The summed E-state index contributed by atoms with van der Waals surface area (Å²) in [4.78, 5) is 61.5. The summed E-state index contributed by atoms with van der Waals surface area (Å²) in [5.74, 6) is -1.23. The van der Waals surface area contributed by atoms with E-state index in [0.29, 0.717) is 36.9 Å². The van der Waals surface area contributed by atoms with Gasteiger partial charge in [-0.1, -0.05) is 55.5 Å². The number of nitrogens with zero attached hydrogens (tertiary/aromatic N) is 3. The quantitative estimate of drug-likeness (QED) is 0.0499. The van der Waals surface area contributed by atoms with E-state index in [1.165, 1.54) is 17.1 Å². The molecular weight excluding hydrogens is 650 g/mol. The zero-order valence-electron chi connectivity index (χ0n) is 28.1.